The maximum Gasteiger partial charge on any atom is 0.306 e. The van der Waals surface area contributed by atoms with Crippen LogP contribution in [0.2, 0.25) is 0 Å². The van der Waals surface area contributed by atoms with Gasteiger partial charge in [0.2, 0.25) is 0 Å². The molecule has 3 saturated carbocycles. The number of carbonyl (C=O) groups is 1. The lowest BCUT2D eigenvalue weighted by molar-refractivity contribution is -0.151. The van der Waals surface area contributed by atoms with Gasteiger partial charge in [-0.15, -0.1) is 0 Å². The van der Waals surface area contributed by atoms with Gasteiger partial charge in [-0.25, -0.2) is 0 Å². The summed E-state index contributed by atoms with van der Waals surface area (Å²) in [6.07, 6.45) is 18.8. The molecule has 3 fully saturated rings. The summed E-state index contributed by atoms with van der Waals surface area (Å²) in [6, 6.07) is 0. The number of hydrogen-bond acceptors (Lipinski definition) is 2. The molecule has 188 valence electrons. The fraction of sp³-hybridized carbons (Fsp3) is 0.903. The van der Waals surface area contributed by atoms with Gasteiger partial charge in [0, 0.05) is 12.8 Å². The molecule has 0 saturated heterocycles. The SMILES string of the molecule is CCCC(=O)O[C@H]1CC[C@@]2(C)C(=CC[C@@H]3[C@H]4CC[C@@H]([C@@H](C)CCCC(C)C)[C@@]4(C)CC[C@H]32)C1. The molecule has 0 spiro atoms. The Morgan fingerprint density at radius 3 is 2.58 bits per heavy atom. The van der Waals surface area contributed by atoms with E-state index in [1.165, 1.54) is 57.8 Å². The second-order valence-corrected chi connectivity index (χ2v) is 13.4. The van der Waals surface area contributed by atoms with E-state index in [0.29, 0.717) is 17.3 Å². The van der Waals surface area contributed by atoms with Crippen LogP contribution in [0.3, 0.4) is 0 Å². The Balaban J connectivity index is 1.43. The van der Waals surface area contributed by atoms with Crippen LogP contribution in [0.1, 0.15) is 125 Å². The molecule has 0 aromatic heterocycles. The summed E-state index contributed by atoms with van der Waals surface area (Å²) in [6.45, 7) is 14.6. The summed E-state index contributed by atoms with van der Waals surface area (Å²) in [5.74, 6) is 5.31. The third-order valence-corrected chi connectivity index (χ3v) is 11.0. The first-order valence-corrected chi connectivity index (χ1v) is 14.6. The van der Waals surface area contributed by atoms with Crippen molar-refractivity contribution in [2.75, 3.05) is 0 Å². The predicted octanol–water partition coefficient (Wildman–Crippen LogP) is 8.74. The number of fused-ring (bicyclic) bond motifs is 5. The van der Waals surface area contributed by atoms with E-state index in [1.807, 2.05) is 0 Å². The van der Waals surface area contributed by atoms with Crippen LogP contribution in [-0.4, -0.2) is 12.1 Å². The molecule has 33 heavy (non-hydrogen) atoms. The molecule has 0 heterocycles. The second-order valence-electron chi connectivity index (χ2n) is 13.4. The number of carbonyl (C=O) groups excluding carboxylic acids is 1. The summed E-state index contributed by atoms with van der Waals surface area (Å²) >= 11 is 0. The zero-order valence-electron chi connectivity index (χ0n) is 22.6. The van der Waals surface area contributed by atoms with Gasteiger partial charge in [0.25, 0.3) is 0 Å². The van der Waals surface area contributed by atoms with Crippen molar-refractivity contribution in [1.82, 2.24) is 0 Å². The zero-order chi connectivity index (χ0) is 23.8. The zero-order valence-corrected chi connectivity index (χ0v) is 22.6. The van der Waals surface area contributed by atoms with E-state index in [4.69, 9.17) is 4.74 Å². The monoisotopic (exact) mass is 456 g/mol. The van der Waals surface area contributed by atoms with Gasteiger partial charge in [-0.2, -0.15) is 0 Å². The van der Waals surface area contributed by atoms with E-state index in [2.05, 4.69) is 47.6 Å². The van der Waals surface area contributed by atoms with E-state index < -0.39 is 0 Å². The van der Waals surface area contributed by atoms with Crippen molar-refractivity contribution < 1.29 is 9.53 Å². The lowest BCUT2D eigenvalue weighted by atomic mass is 9.47. The van der Waals surface area contributed by atoms with Crippen LogP contribution in [0.25, 0.3) is 0 Å². The van der Waals surface area contributed by atoms with Gasteiger partial charge in [-0.3, -0.25) is 4.79 Å². The normalized spacial score (nSPS) is 41.1. The smallest absolute Gasteiger partial charge is 0.306 e. The third kappa shape index (κ3) is 4.84. The van der Waals surface area contributed by atoms with Crippen molar-refractivity contribution in [3.05, 3.63) is 11.6 Å². The molecule has 0 aromatic carbocycles. The number of hydrogen-bond donors (Lipinski definition) is 0. The molecule has 0 aromatic rings. The van der Waals surface area contributed by atoms with Gasteiger partial charge in [0.1, 0.15) is 6.10 Å². The predicted molar refractivity (Wildman–Crippen MR) is 138 cm³/mol. The van der Waals surface area contributed by atoms with Gasteiger partial charge >= 0.3 is 5.97 Å². The highest BCUT2D eigenvalue weighted by Gasteiger charge is 2.59. The minimum Gasteiger partial charge on any atom is -0.462 e. The number of rotatable bonds is 8. The van der Waals surface area contributed by atoms with Crippen molar-refractivity contribution >= 4 is 5.97 Å². The Morgan fingerprint density at radius 2 is 1.85 bits per heavy atom. The van der Waals surface area contributed by atoms with E-state index in [1.54, 1.807) is 5.57 Å². The highest BCUT2D eigenvalue weighted by molar-refractivity contribution is 5.69. The Bertz CT molecular complexity index is 722. The summed E-state index contributed by atoms with van der Waals surface area (Å²) in [5.41, 5.74) is 2.54. The summed E-state index contributed by atoms with van der Waals surface area (Å²) in [5, 5.41) is 0. The van der Waals surface area contributed by atoms with Crippen LogP contribution in [0.4, 0.5) is 0 Å². The second kappa shape index (κ2) is 10.1. The highest BCUT2D eigenvalue weighted by atomic mass is 16.5. The lowest BCUT2D eigenvalue weighted by Crippen LogP contribution is -2.51. The van der Waals surface area contributed by atoms with E-state index in [0.717, 1.165) is 54.8 Å². The molecule has 0 unspecified atom stereocenters. The first-order chi connectivity index (χ1) is 15.7. The van der Waals surface area contributed by atoms with E-state index >= 15 is 0 Å². The Kier molecular flexibility index (Phi) is 7.72. The van der Waals surface area contributed by atoms with Crippen molar-refractivity contribution in [2.45, 2.75) is 131 Å². The molecule has 4 aliphatic rings. The van der Waals surface area contributed by atoms with Crippen LogP contribution < -0.4 is 0 Å². The molecule has 0 aliphatic heterocycles. The maximum atomic E-state index is 12.1. The molecular weight excluding hydrogens is 404 g/mol. The van der Waals surface area contributed by atoms with Crippen LogP contribution in [0.5, 0.6) is 0 Å². The number of esters is 1. The minimum atomic E-state index is 0.00772. The molecule has 0 bridgehead atoms. The van der Waals surface area contributed by atoms with Crippen molar-refractivity contribution in [1.29, 1.82) is 0 Å². The van der Waals surface area contributed by atoms with Gasteiger partial charge in [0.15, 0.2) is 0 Å². The number of ether oxygens (including phenoxy) is 1. The standard InChI is InChI=1S/C31H52O2/c1-7-9-29(32)33-24-16-18-30(5)23(20-24)12-13-25-27-15-14-26(22(4)11-8-10-21(2)3)31(27,6)19-17-28(25)30/h12,21-22,24-28H,7-11,13-20H2,1-6H3/t22-,24-,25+,26-,27+,28+,30-,31+/m0/s1. The molecule has 4 rings (SSSR count). The van der Waals surface area contributed by atoms with Crippen LogP contribution >= 0.6 is 0 Å². The minimum absolute atomic E-state index is 0.00772. The molecule has 2 heteroatoms. The molecule has 0 N–H and O–H groups in total. The van der Waals surface area contributed by atoms with E-state index in [9.17, 15) is 4.79 Å². The summed E-state index contributed by atoms with van der Waals surface area (Å²) in [4.78, 5) is 12.1. The number of allylic oxidation sites excluding steroid dienone is 1. The fourth-order valence-electron chi connectivity index (χ4n) is 9.20. The van der Waals surface area contributed by atoms with Crippen LogP contribution in [-0.2, 0) is 9.53 Å². The Labute approximate surface area is 204 Å². The molecule has 0 radical (unpaired) electrons. The van der Waals surface area contributed by atoms with Crippen molar-refractivity contribution in [3.8, 4) is 0 Å². The largest absolute Gasteiger partial charge is 0.462 e. The molecule has 8 atom stereocenters. The van der Waals surface area contributed by atoms with E-state index in [-0.39, 0.29) is 12.1 Å². The summed E-state index contributed by atoms with van der Waals surface area (Å²) < 4.78 is 5.85. The topological polar surface area (TPSA) is 26.3 Å². The van der Waals surface area contributed by atoms with Gasteiger partial charge in [0.05, 0.1) is 0 Å². The van der Waals surface area contributed by atoms with Gasteiger partial charge in [-0.1, -0.05) is 72.5 Å². The third-order valence-electron chi connectivity index (χ3n) is 11.0. The quantitative estimate of drug-likeness (QED) is 0.269. The lowest BCUT2D eigenvalue weighted by Gasteiger charge is -2.58. The van der Waals surface area contributed by atoms with Crippen LogP contribution in [0, 0.1) is 46.3 Å². The molecule has 0 amide bonds. The van der Waals surface area contributed by atoms with Crippen molar-refractivity contribution in [2.24, 2.45) is 46.3 Å². The first-order valence-electron chi connectivity index (χ1n) is 14.6. The Morgan fingerprint density at radius 1 is 1.06 bits per heavy atom. The fourth-order valence-corrected chi connectivity index (χ4v) is 9.20. The van der Waals surface area contributed by atoms with Gasteiger partial charge in [-0.05, 0) is 97.7 Å². The Hall–Kier alpha value is -0.790. The summed E-state index contributed by atoms with van der Waals surface area (Å²) in [7, 11) is 0. The average Bonchev–Trinajstić information content (AvgIpc) is 3.11. The van der Waals surface area contributed by atoms with Crippen molar-refractivity contribution in [3.63, 3.8) is 0 Å². The first kappa shape index (κ1) is 25.3. The molecular formula is C31H52O2. The molecule has 4 aliphatic carbocycles. The van der Waals surface area contributed by atoms with Crippen LogP contribution in [0.15, 0.2) is 11.6 Å². The highest BCUT2D eigenvalue weighted by Crippen LogP contribution is 2.67. The average molecular weight is 457 g/mol. The molecule has 2 nitrogen and oxygen atoms in total. The maximum absolute atomic E-state index is 12.1. The van der Waals surface area contributed by atoms with Gasteiger partial charge < -0.3 is 4.74 Å².